The van der Waals surface area contributed by atoms with Gasteiger partial charge in [-0.2, -0.15) is 13.1 Å². The summed E-state index contributed by atoms with van der Waals surface area (Å²) >= 11 is 0. The number of hydrogen-bond acceptors (Lipinski definition) is 4. The Morgan fingerprint density at radius 1 is 1.15 bits per heavy atom. The summed E-state index contributed by atoms with van der Waals surface area (Å²) in [5, 5.41) is 2.84. The van der Waals surface area contributed by atoms with Gasteiger partial charge in [-0.25, -0.2) is 9.52 Å². The van der Waals surface area contributed by atoms with Crippen LogP contribution in [0.25, 0.3) is 0 Å². The van der Waals surface area contributed by atoms with E-state index >= 15 is 0 Å². The SMILES string of the molecule is CN1CCC1CNS(=O)(=O)NC(=O)Nc1c2c(cc3c1CCC3)CCC2. The highest BCUT2D eigenvalue weighted by molar-refractivity contribution is 7.88. The second-order valence-electron chi connectivity index (χ2n) is 7.57. The topological polar surface area (TPSA) is 90.5 Å². The van der Waals surface area contributed by atoms with Gasteiger partial charge in [0, 0.05) is 18.3 Å². The number of urea groups is 1. The fourth-order valence-corrected chi connectivity index (χ4v) is 5.08. The van der Waals surface area contributed by atoms with E-state index in [2.05, 4.69) is 25.7 Å². The fourth-order valence-electron chi connectivity index (χ4n) is 4.30. The summed E-state index contributed by atoms with van der Waals surface area (Å²) in [6.45, 7) is 1.29. The molecule has 0 saturated carbocycles. The number of hydrogen-bond donors (Lipinski definition) is 3. The standard InChI is InChI=1S/C18H26N4O3S/c1-22-9-8-14(22)11-19-26(24,25)21-18(23)20-17-15-6-2-4-12(15)10-13-5-3-7-16(13)17/h10,14,19H,2-9,11H2,1H3,(H2,20,21,23). The van der Waals surface area contributed by atoms with E-state index in [4.69, 9.17) is 0 Å². The van der Waals surface area contributed by atoms with Crippen molar-refractivity contribution in [1.82, 2.24) is 14.3 Å². The summed E-state index contributed by atoms with van der Waals surface area (Å²) in [4.78, 5) is 14.5. The Morgan fingerprint density at radius 2 is 1.81 bits per heavy atom. The van der Waals surface area contributed by atoms with Gasteiger partial charge in [-0.15, -0.1) is 0 Å². The molecule has 0 aromatic heterocycles. The van der Waals surface area contributed by atoms with Crippen molar-refractivity contribution in [3.63, 3.8) is 0 Å². The number of aryl methyl sites for hydroxylation is 2. The minimum Gasteiger partial charge on any atom is -0.307 e. The summed E-state index contributed by atoms with van der Waals surface area (Å²) in [7, 11) is -1.90. The van der Waals surface area contributed by atoms with E-state index in [1.54, 1.807) is 0 Å². The molecule has 142 valence electrons. The van der Waals surface area contributed by atoms with Crippen molar-refractivity contribution in [2.24, 2.45) is 0 Å². The van der Waals surface area contributed by atoms with Crippen molar-refractivity contribution in [2.45, 2.75) is 51.0 Å². The number of amides is 2. The molecule has 1 fully saturated rings. The highest BCUT2D eigenvalue weighted by atomic mass is 32.2. The van der Waals surface area contributed by atoms with Crippen LogP contribution in [-0.2, 0) is 35.9 Å². The molecule has 2 amide bonds. The zero-order valence-corrected chi connectivity index (χ0v) is 15.9. The zero-order chi connectivity index (χ0) is 18.3. The van der Waals surface area contributed by atoms with Crippen molar-refractivity contribution in [1.29, 1.82) is 0 Å². The lowest BCUT2D eigenvalue weighted by molar-refractivity contribution is 0.130. The van der Waals surface area contributed by atoms with Crippen LogP contribution in [0.5, 0.6) is 0 Å². The van der Waals surface area contributed by atoms with Crippen LogP contribution >= 0.6 is 0 Å². The van der Waals surface area contributed by atoms with Gasteiger partial charge in [0.15, 0.2) is 0 Å². The third kappa shape index (κ3) is 3.45. The zero-order valence-electron chi connectivity index (χ0n) is 15.1. The lowest BCUT2D eigenvalue weighted by Crippen LogP contribution is -2.53. The minimum atomic E-state index is -3.86. The third-order valence-corrected chi connectivity index (χ3v) is 6.89. The van der Waals surface area contributed by atoms with E-state index in [9.17, 15) is 13.2 Å². The molecule has 1 aliphatic heterocycles. The molecule has 2 aliphatic carbocycles. The largest absolute Gasteiger partial charge is 0.333 e. The summed E-state index contributed by atoms with van der Waals surface area (Å²) in [5.74, 6) is 0. The minimum absolute atomic E-state index is 0.204. The van der Waals surface area contributed by atoms with E-state index in [0.29, 0.717) is 6.54 Å². The van der Waals surface area contributed by atoms with Gasteiger partial charge >= 0.3 is 16.2 Å². The number of anilines is 1. The third-order valence-electron chi connectivity index (χ3n) is 5.89. The predicted octanol–water partition coefficient (Wildman–Crippen LogP) is 1.32. The van der Waals surface area contributed by atoms with Gasteiger partial charge in [0.05, 0.1) is 0 Å². The first-order valence-corrected chi connectivity index (χ1v) is 10.9. The second-order valence-corrected chi connectivity index (χ2v) is 9.06. The predicted molar refractivity (Wildman–Crippen MR) is 101 cm³/mol. The molecule has 4 rings (SSSR count). The Kier molecular flexibility index (Phi) is 4.66. The van der Waals surface area contributed by atoms with Crippen LogP contribution in [0.2, 0.25) is 0 Å². The fraction of sp³-hybridized carbons (Fsp3) is 0.611. The summed E-state index contributed by atoms with van der Waals surface area (Å²) in [6.07, 6.45) is 7.09. The highest BCUT2D eigenvalue weighted by Crippen LogP contribution is 2.38. The van der Waals surface area contributed by atoms with Crippen LogP contribution in [0.3, 0.4) is 0 Å². The van der Waals surface area contributed by atoms with Gasteiger partial charge in [0.1, 0.15) is 0 Å². The molecule has 7 nitrogen and oxygen atoms in total. The van der Waals surface area contributed by atoms with Gasteiger partial charge in [-0.1, -0.05) is 6.07 Å². The molecule has 0 spiro atoms. The number of fused-ring (bicyclic) bond motifs is 2. The summed E-state index contributed by atoms with van der Waals surface area (Å²) in [5.41, 5.74) is 5.81. The van der Waals surface area contributed by atoms with Crippen LogP contribution < -0.4 is 14.8 Å². The number of rotatable bonds is 5. The van der Waals surface area contributed by atoms with Crippen LogP contribution in [-0.4, -0.2) is 45.5 Å². The average molecular weight is 378 g/mol. The van der Waals surface area contributed by atoms with Gasteiger partial charge in [0.25, 0.3) is 0 Å². The van der Waals surface area contributed by atoms with Crippen LogP contribution in [0.15, 0.2) is 6.07 Å². The van der Waals surface area contributed by atoms with Crippen molar-refractivity contribution in [3.8, 4) is 0 Å². The maximum atomic E-state index is 12.4. The van der Waals surface area contributed by atoms with E-state index in [1.807, 2.05) is 7.05 Å². The van der Waals surface area contributed by atoms with Crippen molar-refractivity contribution in [3.05, 3.63) is 28.3 Å². The number of carbonyl (C=O) groups is 1. The maximum absolute atomic E-state index is 12.4. The van der Waals surface area contributed by atoms with Crippen molar-refractivity contribution in [2.75, 3.05) is 25.5 Å². The van der Waals surface area contributed by atoms with Crippen LogP contribution in [0.1, 0.15) is 41.5 Å². The average Bonchev–Trinajstić information content (AvgIpc) is 3.21. The monoisotopic (exact) mass is 378 g/mol. The van der Waals surface area contributed by atoms with Gasteiger partial charge in [-0.3, -0.25) is 0 Å². The Balaban J connectivity index is 1.44. The quantitative estimate of drug-likeness (QED) is 0.721. The van der Waals surface area contributed by atoms with E-state index < -0.39 is 16.2 Å². The van der Waals surface area contributed by atoms with Crippen LogP contribution in [0, 0.1) is 0 Å². The Hall–Kier alpha value is -1.64. The van der Waals surface area contributed by atoms with Gasteiger partial charge in [-0.05, 0) is 80.8 Å². The Bertz CT molecular complexity index is 805. The molecular weight excluding hydrogens is 352 g/mol. The molecule has 1 saturated heterocycles. The summed E-state index contributed by atoms with van der Waals surface area (Å²) < 4.78 is 28.9. The first-order chi connectivity index (χ1) is 12.4. The summed E-state index contributed by atoms with van der Waals surface area (Å²) in [6, 6.07) is 1.80. The molecule has 1 heterocycles. The lowest BCUT2D eigenvalue weighted by Gasteiger charge is -2.37. The first-order valence-electron chi connectivity index (χ1n) is 9.38. The number of benzene rings is 1. The molecule has 0 radical (unpaired) electrons. The second kappa shape index (κ2) is 6.83. The number of carbonyl (C=O) groups excluding carboxylic acids is 1. The van der Waals surface area contributed by atoms with Crippen molar-refractivity contribution >= 4 is 21.9 Å². The molecule has 3 N–H and O–H groups in total. The molecular formula is C18H26N4O3S. The Labute approximate surface area is 154 Å². The number of likely N-dealkylation sites (N-methyl/N-ethyl adjacent to an activating group) is 1. The van der Waals surface area contributed by atoms with Crippen LogP contribution in [0.4, 0.5) is 10.5 Å². The van der Waals surface area contributed by atoms with Crippen molar-refractivity contribution < 1.29 is 13.2 Å². The van der Waals surface area contributed by atoms with Gasteiger partial charge in [0.2, 0.25) is 0 Å². The molecule has 26 heavy (non-hydrogen) atoms. The lowest BCUT2D eigenvalue weighted by atomic mass is 9.99. The normalized spacial score (nSPS) is 21.8. The molecule has 1 atom stereocenters. The highest BCUT2D eigenvalue weighted by Gasteiger charge is 2.28. The molecule has 8 heteroatoms. The molecule has 3 aliphatic rings. The smallest absolute Gasteiger partial charge is 0.307 e. The maximum Gasteiger partial charge on any atom is 0.333 e. The number of nitrogens with one attached hydrogen (secondary N) is 3. The van der Waals surface area contributed by atoms with E-state index in [-0.39, 0.29) is 6.04 Å². The number of likely N-dealkylation sites (tertiary alicyclic amines) is 1. The molecule has 1 unspecified atom stereocenters. The van der Waals surface area contributed by atoms with Gasteiger partial charge < -0.3 is 10.2 Å². The Morgan fingerprint density at radius 3 is 2.35 bits per heavy atom. The van der Waals surface area contributed by atoms with E-state index in [1.165, 1.54) is 22.3 Å². The van der Waals surface area contributed by atoms with E-state index in [0.717, 1.165) is 57.2 Å². The molecule has 1 aromatic rings. The molecule has 0 bridgehead atoms. The molecule has 1 aromatic carbocycles. The first kappa shape index (κ1) is 17.8. The number of nitrogens with zero attached hydrogens (tertiary/aromatic N) is 1.